The summed E-state index contributed by atoms with van der Waals surface area (Å²) in [5.41, 5.74) is 0.125. The van der Waals surface area contributed by atoms with Gasteiger partial charge in [-0.3, -0.25) is 4.79 Å². The SMILES string of the molecule is O=C1CC2(CCC([18F])CC2)CN1. The monoisotopic (exact) mass is 170 g/mol. The highest BCUT2D eigenvalue weighted by Gasteiger charge is 2.41. The van der Waals surface area contributed by atoms with E-state index in [2.05, 4.69) is 5.32 Å². The molecule has 1 saturated heterocycles. The van der Waals surface area contributed by atoms with Gasteiger partial charge < -0.3 is 5.32 Å². The van der Waals surface area contributed by atoms with Gasteiger partial charge in [-0.05, 0) is 31.1 Å². The Morgan fingerprint density at radius 3 is 2.58 bits per heavy atom. The fourth-order valence-corrected chi connectivity index (χ4v) is 2.30. The Balaban J connectivity index is 1.99. The summed E-state index contributed by atoms with van der Waals surface area (Å²) in [6.07, 6.45) is 3.06. The number of hydrogen-bond acceptors (Lipinski definition) is 1. The lowest BCUT2D eigenvalue weighted by atomic mass is 9.73. The van der Waals surface area contributed by atoms with Crippen molar-refractivity contribution in [2.24, 2.45) is 5.41 Å². The van der Waals surface area contributed by atoms with Gasteiger partial charge in [0.05, 0.1) is 0 Å². The third kappa shape index (κ3) is 1.32. The molecule has 0 bridgehead atoms. The van der Waals surface area contributed by atoms with Gasteiger partial charge in [0, 0.05) is 13.0 Å². The summed E-state index contributed by atoms with van der Waals surface area (Å²) in [6, 6.07) is 0. The van der Waals surface area contributed by atoms with Crippen LogP contribution in [0.1, 0.15) is 32.1 Å². The molecule has 2 aliphatic rings. The minimum absolute atomic E-state index is 0.125. The maximum atomic E-state index is 12.8. The maximum absolute atomic E-state index is 12.8. The molecular weight excluding hydrogens is 156 g/mol. The number of rotatable bonds is 0. The summed E-state index contributed by atoms with van der Waals surface area (Å²) in [5.74, 6) is 0.146. The van der Waals surface area contributed by atoms with Crippen LogP contribution >= 0.6 is 0 Å². The van der Waals surface area contributed by atoms with Crippen LogP contribution in [0, 0.1) is 5.41 Å². The van der Waals surface area contributed by atoms with Crippen molar-refractivity contribution in [1.29, 1.82) is 0 Å². The quantitative estimate of drug-likeness (QED) is 0.585. The minimum Gasteiger partial charge on any atom is -0.356 e. The van der Waals surface area contributed by atoms with Gasteiger partial charge in [0.2, 0.25) is 5.91 Å². The number of carbonyl (C=O) groups excluding carboxylic acids is 1. The Kier molecular flexibility index (Phi) is 1.81. The Morgan fingerprint density at radius 2 is 2.08 bits per heavy atom. The van der Waals surface area contributed by atoms with Crippen molar-refractivity contribution in [2.45, 2.75) is 38.3 Å². The number of amides is 1. The summed E-state index contributed by atoms with van der Waals surface area (Å²) in [6.45, 7) is 0.776. The summed E-state index contributed by atoms with van der Waals surface area (Å²) in [7, 11) is 0. The molecular formula is C9H14FNO. The van der Waals surface area contributed by atoms with Crippen molar-refractivity contribution in [3.63, 3.8) is 0 Å². The van der Waals surface area contributed by atoms with E-state index in [1.807, 2.05) is 0 Å². The van der Waals surface area contributed by atoms with Crippen molar-refractivity contribution < 1.29 is 9.18 Å². The third-order valence-corrected chi connectivity index (χ3v) is 3.17. The Morgan fingerprint density at radius 1 is 1.42 bits per heavy atom. The fourth-order valence-electron chi connectivity index (χ4n) is 2.30. The first-order valence-electron chi connectivity index (χ1n) is 4.61. The molecule has 1 aliphatic carbocycles. The Hall–Kier alpha value is -0.600. The second-order valence-corrected chi connectivity index (χ2v) is 4.13. The van der Waals surface area contributed by atoms with Crippen molar-refractivity contribution in [2.75, 3.05) is 6.54 Å². The van der Waals surface area contributed by atoms with Crippen molar-refractivity contribution >= 4 is 5.91 Å². The molecule has 2 nitrogen and oxygen atoms in total. The van der Waals surface area contributed by atoms with Gasteiger partial charge >= 0.3 is 0 Å². The van der Waals surface area contributed by atoms with Crippen LogP contribution in [0.25, 0.3) is 0 Å². The smallest absolute Gasteiger partial charge is 0.220 e. The van der Waals surface area contributed by atoms with Crippen LogP contribution in [-0.2, 0) is 4.79 Å². The van der Waals surface area contributed by atoms with Crippen LogP contribution in [0.3, 0.4) is 0 Å². The van der Waals surface area contributed by atoms with Crippen LogP contribution in [0.5, 0.6) is 0 Å². The van der Waals surface area contributed by atoms with Gasteiger partial charge in [-0.2, -0.15) is 0 Å². The summed E-state index contributed by atoms with van der Waals surface area (Å²) < 4.78 is 12.8. The molecule has 2 rings (SSSR count). The van der Waals surface area contributed by atoms with Crippen LogP contribution < -0.4 is 5.32 Å². The molecule has 1 N–H and O–H groups in total. The molecule has 2 fully saturated rings. The molecule has 0 unspecified atom stereocenters. The van der Waals surface area contributed by atoms with E-state index in [1.165, 1.54) is 0 Å². The number of halogens is 1. The van der Waals surface area contributed by atoms with E-state index in [-0.39, 0.29) is 11.3 Å². The first-order valence-corrected chi connectivity index (χ1v) is 4.61. The lowest BCUT2D eigenvalue weighted by molar-refractivity contribution is -0.119. The Bertz CT molecular complexity index is 197. The average molecular weight is 170 g/mol. The summed E-state index contributed by atoms with van der Waals surface area (Å²) in [5, 5.41) is 2.83. The van der Waals surface area contributed by atoms with Gasteiger partial charge in [-0.1, -0.05) is 0 Å². The number of hydrogen-bond donors (Lipinski definition) is 1. The maximum Gasteiger partial charge on any atom is 0.220 e. The van der Waals surface area contributed by atoms with E-state index in [0.29, 0.717) is 19.3 Å². The number of carbonyl (C=O) groups is 1. The van der Waals surface area contributed by atoms with Crippen LogP contribution in [-0.4, -0.2) is 18.6 Å². The first-order chi connectivity index (χ1) is 5.70. The Labute approximate surface area is 71.5 Å². The topological polar surface area (TPSA) is 29.1 Å². The standard InChI is InChI=1S/C9H14FNO/c10-7-1-3-9(4-2-7)5-8(12)11-6-9/h7H,1-6H2,(H,11,12)/i10-1. The lowest BCUT2D eigenvalue weighted by Crippen LogP contribution is -2.30. The second-order valence-electron chi connectivity index (χ2n) is 4.13. The van der Waals surface area contributed by atoms with E-state index >= 15 is 0 Å². The highest BCUT2D eigenvalue weighted by atomic mass is 18.2. The predicted octanol–water partition coefficient (Wildman–Crippen LogP) is 1.40. The first kappa shape index (κ1) is 8.02. The zero-order chi connectivity index (χ0) is 8.60. The van der Waals surface area contributed by atoms with Crippen molar-refractivity contribution in [3.8, 4) is 0 Å². The molecule has 68 valence electrons. The largest absolute Gasteiger partial charge is 0.356 e. The molecule has 1 heterocycles. The summed E-state index contributed by atoms with van der Waals surface area (Å²) >= 11 is 0. The van der Waals surface area contributed by atoms with Crippen LogP contribution in [0.2, 0.25) is 0 Å². The molecule has 1 spiro atoms. The minimum atomic E-state index is -0.619. The normalized spacial score (nSPS) is 41.8. The lowest BCUT2D eigenvalue weighted by Gasteiger charge is -2.32. The summed E-state index contributed by atoms with van der Waals surface area (Å²) in [4.78, 5) is 11.0. The van der Waals surface area contributed by atoms with Crippen LogP contribution in [0.15, 0.2) is 0 Å². The van der Waals surface area contributed by atoms with Crippen LogP contribution in [0.4, 0.5) is 4.39 Å². The van der Waals surface area contributed by atoms with E-state index in [4.69, 9.17) is 0 Å². The molecule has 1 saturated carbocycles. The molecule has 12 heavy (non-hydrogen) atoms. The van der Waals surface area contributed by atoms with Gasteiger partial charge in [-0.15, -0.1) is 0 Å². The molecule has 1 aliphatic heterocycles. The third-order valence-electron chi connectivity index (χ3n) is 3.17. The van der Waals surface area contributed by atoms with Gasteiger partial charge in [0.15, 0.2) is 0 Å². The number of nitrogens with one attached hydrogen (secondary N) is 1. The van der Waals surface area contributed by atoms with Crippen molar-refractivity contribution in [3.05, 3.63) is 0 Å². The molecule has 0 aromatic carbocycles. The predicted molar refractivity (Wildman–Crippen MR) is 43.4 cm³/mol. The molecule has 0 aromatic rings. The molecule has 1 amide bonds. The highest BCUT2D eigenvalue weighted by Crippen LogP contribution is 2.41. The zero-order valence-electron chi connectivity index (χ0n) is 7.11. The van der Waals surface area contributed by atoms with E-state index in [1.54, 1.807) is 0 Å². The zero-order valence-corrected chi connectivity index (χ0v) is 7.11. The van der Waals surface area contributed by atoms with E-state index in [9.17, 15) is 9.18 Å². The van der Waals surface area contributed by atoms with E-state index in [0.717, 1.165) is 19.4 Å². The molecule has 3 heteroatoms. The molecule has 0 aromatic heterocycles. The molecule has 0 atom stereocenters. The van der Waals surface area contributed by atoms with Gasteiger partial charge in [0.25, 0.3) is 0 Å². The number of alkyl halides is 1. The molecule has 0 radical (unpaired) electrons. The highest BCUT2D eigenvalue weighted by molar-refractivity contribution is 5.79. The van der Waals surface area contributed by atoms with Gasteiger partial charge in [0.1, 0.15) is 6.17 Å². The second kappa shape index (κ2) is 2.71. The van der Waals surface area contributed by atoms with E-state index < -0.39 is 6.17 Å². The average Bonchev–Trinajstić information content (AvgIpc) is 2.40. The van der Waals surface area contributed by atoms with Crippen molar-refractivity contribution in [1.82, 2.24) is 5.32 Å². The fraction of sp³-hybridized carbons (Fsp3) is 0.889. The van der Waals surface area contributed by atoms with Gasteiger partial charge in [-0.25, -0.2) is 4.39 Å².